The number of carbonyl (C=O) groups excluding carboxylic acids is 1. The molecule has 0 bridgehead atoms. The first kappa shape index (κ1) is 18.7. The summed E-state index contributed by atoms with van der Waals surface area (Å²) in [6.07, 6.45) is 1.79. The summed E-state index contributed by atoms with van der Waals surface area (Å²) in [4.78, 5) is 21.0. The number of rotatable bonds is 8. The first-order chi connectivity index (χ1) is 12.8. The number of aromatic nitrogens is 1. The molecule has 1 fully saturated rings. The zero-order chi connectivity index (χ0) is 18.0. The molecule has 26 heavy (non-hydrogen) atoms. The molecule has 3 rings (SSSR count). The van der Waals surface area contributed by atoms with E-state index in [1.165, 1.54) is 5.69 Å². The van der Waals surface area contributed by atoms with E-state index in [1.54, 1.807) is 18.0 Å². The van der Waals surface area contributed by atoms with Crippen LogP contribution in [-0.4, -0.2) is 60.8 Å². The first-order valence-electron chi connectivity index (χ1n) is 9.08. The molecular formula is C20H26N4OS. The summed E-state index contributed by atoms with van der Waals surface area (Å²) < 4.78 is 0. The third kappa shape index (κ3) is 6.04. The lowest BCUT2D eigenvalue weighted by Crippen LogP contribution is -2.48. The Morgan fingerprint density at radius 2 is 1.81 bits per heavy atom. The van der Waals surface area contributed by atoms with Gasteiger partial charge in [-0.25, -0.2) is 0 Å². The van der Waals surface area contributed by atoms with Crippen molar-refractivity contribution in [2.24, 2.45) is 0 Å². The molecule has 0 spiro atoms. The summed E-state index contributed by atoms with van der Waals surface area (Å²) in [5.74, 6) is 1.36. The summed E-state index contributed by atoms with van der Waals surface area (Å²) in [6, 6.07) is 16.4. The first-order valence-corrected chi connectivity index (χ1v) is 10.2. The average molecular weight is 371 g/mol. The molecule has 0 atom stereocenters. The van der Waals surface area contributed by atoms with Gasteiger partial charge in [0.15, 0.2) is 0 Å². The van der Waals surface area contributed by atoms with Crippen LogP contribution in [0.4, 0.5) is 5.69 Å². The van der Waals surface area contributed by atoms with E-state index < -0.39 is 0 Å². The fourth-order valence-electron chi connectivity index (χ4n) is 3.00. The molecular weight excluding hydrogens is 344 g/mol. The zero-order valence-electron chi connectivity index (χ0n) is 15.0. The van der Waals surface area contributed by atoms with Gasteiger partial charge in [-0.05, 0) is 24.3 Å². The minimum atomic E-state index is 0.105. The molecule has 1 N–H and O–H groups in total. The van der Waals surface area contributed by atoms with Crippen molar-refractivity contribution in [3.63, 3.8) is 0 Å². The van der Waals surface area contributed by atoms with Crippen LogP contribution in [0, 0.1) is 0 Å². The summed E-state index contributed by atoms with van der Waals surface area (Å²) >= 11 is 1.60. The van der Waals surface area contributed by atoms with Crippen molar-refractivity contribution in [2.45, 2.75) is 5.75 Å². The van der Waals surface area contributed by atoms with E-state index >= 15 is 0 Å². The lowest BCUT2D eigenvalue weighted by Gasteiger charge is -2.36. The number of amides is 1. The maximum Gasteiger partial charge on any atom is 0.230 e. The number of nitrogens with zero attached hydrogens (tertiary/aromatic N) is 3. The SMILES string of the molecule is O=C(CSCc1ccccn1)NCCN1CCN(c2ccccc2)CC1. The van der Waals surface area contributed by atoms with Crippen molar-refractivity contribution in [3.8, 4) is 0 Å². The van der Waals surface area contributed by atoms with Crippen molar-refractivity contribution < 1.29 is 4.79 Å². The van der Waals surface area contributed by atoms with E-state index in [0.717, 1.165) is 44.2 Å². The van der Waals surface area contributed by atoms with Gasteiger partial charge in [-0.3, -0.25) is 14.7 Å². The van der Waals surface area contributed by atoms with Gasteiger partial charge in [0.2, 0.25) is 5.91 Å². The number of anilines is 1. The molecule has 2 aromatic rings. The number of pyridine rings is 1. The van der Waals surface area contributed by atoms with E-state index in [1.807, 2.05) is 18.2 Å². The van der Waals surface area contributed by atoms with Gasteiger partial charge in [0, 0.05) is 56.9 Å². The van der Waals surface area contributed by atoms with Crippen molar-refractivity contribution in [3.05, 3.63) is 60.4 Å². The van der Waals surface area contributed by atoms with Gasteiger partial charge in [0.25, 0.3) is 0 Å². The Balaban J connectivity index is 1.26. The van der Waals surface area contributed by atoms with Crippen LogP contribution in [0.15, 0.2) is 54.7 Å². The quantitative estimate of drug-likeness (QED) is 0.772. The summed E-state index contributed by atoms with van der Waals surface area (Å²) in [5.41, 5.74) is 2.31. The fourth-order valence-corrected chi connectivity index (χ4v) is 3.77. The van der Waals surface area contributed by atoms with E-state index in [9.17, 15) is 4.79 Å². The Bertz CT molecular complexity index is 660. The Morgan fingerprint density at radius 1 is 1.04 bits per heavy atom. The number of carbonyl (C=O) groups is 1. The number of hydrogen-bond acceptors (Lipinski definition) is 5. The third-order valence-electron chi connectivity index (χ3n) is 4.45. The average Bonchev–Trinajstić information content (AvgIpc) is 2.70. The van der Waals surface area contributed by atoms with Crippen LogP contribution >= 0.6 is 11.8 Å². The minimum absolute atomic E-state index is 0.105. The molecule has 1 aliphatic heterocycles. The number of hydrogen-bond donors (Lipinski definition) is 1. The molecule has 1 aliphatic rings. The number of nitrogens with one attached hydrogen (secondary N) is 1. The highest BCUT2D eigenvalue weighted by atomic mass is 32.2. The number of piperazine rings is 1. The lowest BCUT2D eigenvalue weighted by molar-refractivity contribution is -0.118. The van der Waals surface area contributed by atoms with Crippen LogP contribution in [0.2, 0.25) is 0 Å². The second kappa shape index (κ2) is 10.2. The summed E-state index contributed by atoms with van der Waals surface area (Å²) in [7, 11) is 0. The van der Waals surface area contributed by atoms with Gasteiger partial charge in [0.1, 0.15) is 0 Å². The minimum Gasteiger partial charge on any atom is -0.369 e. The molecule has 2 heterocycles. The second-order valence-electron chi connectivity index (χ2n) is 6.33. The van der Waals surface area contributed by atoms with Crippen LogP contribution in [0.25, 0.3) is 0 Å². The molecule has 0 aliphatic carbocycles. The summed E-state index contributed by atoms with van der Waals surface area (Å²) in [6.45, 7) is 5.79. The molecule has 0 radical (unpaired) electrons. The van der Waals surface area contributed by atoms with E-state index in [0.29, 0.717) is 12.3 Å². The molecule has 0 saturated carbocycles. The summed E-state index contributed by atoms with van der Waals surface area (Å²) in [5, 5.41) is 3.02. The van der Waals surface area contributed by atoms with Gasteiger partial charge in [-0.1, -0.05) is 24.3 Å². The van der Waals surface area contributed by atoms with Gasteiger partial charge < -0.3 is 10.2 Å². The molecule has 138 valence electrons. The van der Waals surface area contributed by atoms with Crippen LogP contribution in [0.5, 0.6) is 0 Å². The molecule has 0 unspecified atom stereocenters. The molecule has 1 aromatic heterocycles. The normalized spacial score (nSPS) is 15.0. The smallest absolute Gasteiger partial charge is 0.230 e. The van der Waals surface area contributed by atoms with Crippen LogP contribution < -0.4 is 10.2 Å². The predicted molar refractivity (Wildman–Crippen MR) is 109 cm³/mol. The zero-order valence-corrected chi connectivity index (χ0v) is 15.8. The van der Waals surface area contributed by atoms with E-state index in [4.69, 9.17) is 0 Å². The topological polar surface area (TPSA) is 48.5 Å². The highest BCUT2D eigenvalue weighted by molar-refractivity contribution is 7.99. The fraction of sp³-hybridized carbons (Fsp3) is 0.400. The van der Waals surface area contributed by atoms with Crippen molar-refractivity contribution in [1.29, 1.82) is 0 Å². The number of thioether (sulfide) groups is 1. The number of para-hydroxylation sites is 1. The number of benzene rings is 1. The van der Waals surface area contributed by atoms with Gasteiger partial charge in [0.05, 0.1) is 11.4 Å². The van der Waals surface area contributed by atoms with Gasteiger partial charge in [-0.15, -0.1) is 11.8 Å². The maximum absolute atomic E-state index is 11.9. The predicted octanol–water partition coefficient (Wildman–Crippen LogP) is 2.25. The lowest BCUT2D eigenvalue weighted by atomic mass is 10.2. The highest BCUT2D eigenvalue weighted by Gasteiger charge is 2.16. The van der Waals surface area contributed by atoms with E-state index in [2.05, 4.69) is 50.4 Å². The molecule has 5 nitrogen and oxygen atoms in total. The van der Waals surface area contributed by atoms with Crippen molar-refractivity contribution >= 4 is 23.4 Å². The van der Waals surface area contributed by atoms with Crippen LogP contribution in [0.1, 0.15) is 5.69 Å². The van der Waals surface area contributed by atoms with Gasteiger partial charge in [-0.2, -0.15) is 0 Å². The monoisotopic (exact) mass is 370 g/mol. The van der Waals surface area contributed by atoms with Crippen molar-refractivity contribution in [2.75, 3.05) is 49.9 Å². The molecule has 1 aromatic carbocycles. The van der Waals surface area contributed by atoms with E-state index in [-0.39, 0.29) is 5.91 Å². The van der Waals surface area contributed by atoms with Crippen LogP contribution in [0.3, 0.4) is 0 Å². The second-order valence-corrected chi connectivity index (χ2v) is 7.31. The Morgan fingerprint density at radius 3 is 2.54 bits per heavy atom. The molecule has 1 saturated heterocycles. The van der Waals surface area contributed by atoms with Crippen LogP contribution in [-0.2, 0) is 10.5 Å². The standard InChI is InChI=1S/C20H26N4OS/c25-20(17-26-16-18-6-4-5-9-21-18)22-10-11-23-12-14-24(15-13-23)19-7-2-1-3-8-19/h1-9H,10-17H2,(H,22,25). The Hall–Kier alpha value is -2.05. The largest absolute Gasteiger partial charge is 0.369 e. The third-order valence-corrected chi connectivity index (χ3v) is 5.42. The molecule has 6 heteroatoms. The Labute approximate surface area is 159 Å². The Kier molecular flexibility index (Phi) is 7.34. The molecule has 1 amide bonds. The van der Waals surface area contributed by atoms with Gasteiger partial charge >= 0.3 is 0 Å². The van der Waals surface area contributed by atoms with Crippen molar-refractivity contribution in [1.82, 2.24) is 15.2 Å². The highest BCUT2D eigenvalue weighted by Crippen LogP contribution is 2.15. The maximum atomic E-state index is 11.9.